The lowest BCUT2D eigenvalue weighted by molar-refractivity contribution is 0.102. The van der Waals surface area contributed by atoms with E-state index in [2.05, 4.69) is 5.32 Å². The van der Waals surface area contributed by atoms with Crippen LogP contribution in [0.1, 0.15) is 32.6 Å². The third-order valence-corrected chi connectivity index (χ3v) is 4.99. The highest BCUT2D eigenvalue weighted by molar-refractivity contribution is 6.09. The summed E-state index contributed by atoms with van der Waals surface area (Å²) in [5.41, 5.74) is 5.00. The summed E-state index contributed by atoms with van der Waals surface area (Å²) >= 11 is 0. The highest BCUT2D eigenvalue weighted by atomic mass is 16.5. The molecule has 0 heterocycles. The molecule has 0 saturated heterocycles. The van der Waals surface area contributed by atoms with Gasteiger partial charge in [0.2, 0.25) is 0 Å². The average Bonchev–Trinajstić information content (AvgIpc) is 2.79. The molecule has 0 atom stereocenters. The van der Waals surface area contributed by atoms with E-state index in [4.69, 9.17) is 14.2 Å². The van der Waals surface area contributed by atoms with Crippen molar-refractivity contribution >= 4 is 23.7 Å². The number of ether oxygens (including phenoxy) is 3. The van der Waals surface area contributed by atoms with Gasteiger partial charge in [0, 0.05) is 11.8 Å². The Labute approximate surface area is 183 Å². The minimum Gasteiger partial charge on any atom is -0.497 e. The lowest BCUT2D eigenvalue weighted by Gasteiger charge is -2.15. The van der Waals surface area contributed by atoms with Crippen molar-refractivity contribution in [1.82, 2.24) is 0 Å². The number of methoxy groups -OCH3 is 3. The first kappa shape index (κ1) is 22.0. The minimum atomic E-state index is -0.249. The fourth-order valence-corrected chi connectivity index (χ4v) is 3.30. The summed E-state index contributed by atoms with van der Waals surface area (Å²) in [6.07, 6.45) is 3.81. The Morgan fingerprint density at radius 3 is 2.13 bits per heavy atom. The summed E-state index contributed by atoms with van der Waals surface area (Å²) in [7, 11) is 4.76. The van der Waals surface area contributed by atoms with Crippen LogP contribution in [0.25, 0.3) is 12.2 Å². The second kappa shape index (κ2) is 9.85. The molecule has 160 valence electrons. The van der Waals surface area contributed by atoms with Crippen molar-refractivity contribution in [2.75, 3.05) is 26.6 Å². The molecule has 1 N–H and O–H groups in total. The summed E-state index contributed by atoms with van der Waals surface area (Å²) in [4.78, 5) is 13.3. The normalized spacial score (nSPS) is 10.7. The van der Waals surface area contributed by atoms with Gasteiger partial charge in [-0.2, -0.15) is 0 Å². The zero-order valence-corrected chi connectivity index (χ0v) is 18.5. The van der Waals surface area contributed by atoms with E-state index in [1.54, 1.807) is 27.4 Å². The molecule has 5 nitrogen and oxygen atoms in total. The zero-order valence-electron chi connectivity index (χ0n) is 18.5. The van der Waals surface area contributed by atoms with Crippen LogP contribution in [0.2, 0.25) is 0 Å². The second-order valence-corrected chi connectivity index (χ2v) is 7.17. The monoisotopic (exact) mass is 417 g/mol. The number of hydrogen-bond donors (Lipinski definition) is 1. The molecule has 3 rings (SSSR count). The average molecular weight is 418 g/mol. The number of hydrogen-bond acceptors (Lipinski definition) is 4. The van der Waals surface area contributed by atoms with E-state index >= 15 is 0 Å². The van der Waals surface area contributed by atoms with E-state index < -0.39 is 0 Å². The van der Waals surface area contributed by atoms with Crippen LogP contribution in [-0.4, -0.2) is 27.2 Å². The van der Waals surface area contributed by atoms with Crippen molar-refractivity contribution in [3.05, 3.63) is 82.4 Å². The van der Waals surface area contributed by atoms with E-state index in [1.165, 1.54) is 0 Å². The molecule has 0 spiro atoms. The molecule has 0 aliphatic carbocycles. The zero-order chi connectivity index (χ0) is 22.4. The molecule has 0 aliphatic rings. The van der Waals surface area contributed by atoms with Gasteiger partial charge in [0.1, 0.15) is 17.2 Å². The van der Waals surface area contributed by atoms with Crippen molar-refractivity contribution < 1.29 is 19.0 Å². The van der Waals surface area contributed by atoms with E-state index in [0.717, 1.165) is 28.1 Å². The maximum Gasteiger partial charge on any atom is 0.260 e. The summed E-state index contributed by atoms with van der Waals surface area (Å²) in [5.74, 6) is 1.58. The van der Waals surface area contributed by atoms with Gasteiger partial charge < -0.3 is 19.5 Å². The molecular weight excluding hydrogens is 390 g/mol. The van der Waals surface area contributed by atoms with E-state index in [0.29, 0.717) is 22.6 Å². The van der Waals surface area contributed by atoms with Crippen LogP contribution in [0.4, 0.5) is 5.69 Å². The third-order valence-electron chi connectivity index (χ3n) is 4.99. The quantitative estimate of drug-likeness (QED) is 0.497. The molecule has 0 bridgehead atoms. The van der Waals surface area contributed by atoms with Crippen LogP contribution in [-0.2, 0) is 0 Å². The van der Waals surface area contributed by atoms with Gasteiger partial charge in [-0.3, -0.25) is 4.79 Å². The highest BCUT2D eigenvalue weighted by Crippen LogP contribution is 2.31. The Balaban J connectivity index is 2.00. The number of carbonyl (C=O) groups is 1. The van der Waals surface area contributed by atoms with Gasteiger partial charge in [-0.1, -0.05) is 42.0 Å². The molecule has 0 fully saturated rings. The predicted molar refractivity (Wildman–Crippen MR) is 125 cm³/mol. The van der Waals surface area contributed by atoms with Crippen LogP contribution in [0.3, 0.4) is 0 Å². The van der Waals surface area contributed by atoms with Gasteiger partial charge in [-0.05, 0) is 54.8 Å². The van der Waals surface area contributed by atoms with Crippen LogP contribution in [0, 0.1) is 13.8 Å². The van der Waals surface area contributed by atoms with Crippen LogP contribution in [0.5, 0.6) is 17.2 Å². The SMILES string of the molecule is COc1ccc(/C=C/c2cc(OC)cc(OC)c2C(=O)Nc2ccc(C)cc2C)cc1. The van der Waals surface area contributed by atoms with E-state index in [-0.39, 0.29) is 5.91 Å². The topological polar surface area (TPSA) is 56.8 Å². The van der Waals surface area contributed by atoms with Crippen molar-refractivity contribution in [3.63, 3.8) is 0 Å². The Bertz CT molecular complexity index is 1100. The summed E-state index contributed by atoms with van der Waals surface area (Å²) in [6.45, 7) is 3.99. The van der Waals surface area contributed by atoms with Gasteiger partial charge >= 0.3 is 0 Å². The van der Waals surface area contributed by atoms with E-state index in [9.17, 15) is 4.79 Å². The molecule has 31 heavy (non-hydrogen) atoms. The molecule has 3 aromatic carbocycles. The summed E-state index contributed by atoms with van der Waals surface area (Å²) in [6, 6.07) is 17.1. The van der Waals surface area contributed by atoms with Crippen LogP contribution < -0.4 is 19.5 Å². The molecule has 0 radical (unpaired) electrons. The molecule has 0 saturated carbocycles. The number of anilines is 1. The number of aryl methyl sites for hydroxylation is 2. The molecule has 3 aromatic rings. The Kier molecular flexibility index (Phi) is 6.98. The number of rotatable bonds is 7. The molecular formula is C26H27NO4. The Morgan fingerprint density at radius 1 is 0.806 bits per heavy atom. The van der Waals surface area contributed by atoms with Crippen molar-refractivity contribution in [2.45, 2.75) is 13.8 Å². The van der Waals surface area contributed by atoms with Gasteiger partial charge in [-0.25, -0.2) is 0 Å². The number of amides is 1. The molecule has 0 aliphatic heterocycles. The number of nitrogens with one attached hydrogen (secondary N) is 1. The highest BCUT2D eigenvalue weighted by Gasteiger charge is 2.19. The maximum atomic E-state index is 13.3. The van der Waals surface area contributed by atoms with E-state index in [1.807, 2.05) is 74.5 Å². The molecule has 0 aromatic heterocycles. The minimum absolute atomic E-state index is 0.249. The van der Waals surface area contributed by atoms with Gasteiger partial charge in [0.25, 0.3) is 5.91 Å². The first-order chi connectivity index (χ1) is 14.9. The Morgan fingerprint density at radius 2 is 1.52 bits per heavy atom. The molecule has 5 heteroatoms. The van der Waals surface area contributed by atoms with Crippen LogP contribution >= 0.6 is 0 Å². The molecule has 0 unspecified atom stereocenters. The first-order valence-corrected chi connectivity index (χ1v) is 9.92. The third kappa shape index (κ3) is 5.25. The first-order valence-electron chi connectivity index (χ1n) is 9.92. The van der Waals surface area contributed by atoms with Gasteiger partial charge in [0.15, 0.2) is 0 Å². The fourth-order valence-electron chi connectivity index (χ4n) is 3.30. The number of carbonyl (C=O) groups excluding carboxylic acids is 1. The lowest BCUT2D eigenvalue weighted by Crippen LogP contribution is -2.15. The fraction of sp³-hybridized carbons (Fsp3) is 0.192. The smallest absolute Gasteiger partial charge is 0.260 e. The molecule has 1 amide bonds. The standard InChI is InChI=1S/C26H27NO4/c1-17-6-13-23(18(2)14-17)27-26(28)25-20(15-22(30-4)16-24(25)31-5)10-7-19-8-11-21(29-3)12-9-19/h6-16H,1-5H3,(H,27,28)/b10-7+. The largest absolute Gasteiger partial charge is 0.497 e. The van der Waals surface area contributed by atoms with Crippen molar-refractivity contribution in [1.29, 1.82) is 0 Å². The summed E-state index contributed by atoms with van der Waals surface area (Å²) < 4.78 is 16.1. The lowest BCUT2D eigenvalue weighted by atomic mass is 10.0. The van der Waals surface area contributed by atoms with Crippen LogP contribution in [0.15, 0.2) is 54.6 Å². The van der Waals surface area contributed by atoms with Gasteiger partial charge in [0.05, 0.1) is 26.9 Å². The van der Waals surface area contributed by atoms with Crippen molar-refractivity contribution in [3.8, 4) is 17.2 Å². The second-order valence-electron chi connectivity index (χ2n) is 7.17. The number of benzene rings is 3. The predicted octanol–water partition coefficient (Wildman–Crippen LogP) is 5.75. The Hall–Kier alpha value is -3.73. The van der Waals surface area contributed by atoms with Crippen molar-refractivity contribution in [2.24, 2.45) is 0 Å². The van der Waals surface area contributed by atoms with Gasteiger partial charge in [-0.15, -0.1) is 0 Å². The summed E-state index contributed by atoms with van der Waals surface area (Å²) in [5, 5.41) is 3.01. The maximum absolute atomic E-state index is 13.3.